The molecule has 0 aliphatic carbocycles. The van der Waals surface area contributed by atoms with Crippen LogP contribution in [0.2, 0.25) is 0 Å². The first-order valence-electron chi connectivity index (χ1n) is 5.26. The van der Waals surface area contributed by atoms with Crippen LogP contribution in [0.4, 0.5) is 0 Å². The standard InChI is InChI=1S/C11H16N4S/c1-7-6-8(2)15(13-7)10-12-9(14-16-10)11(3,4)5/h6H,1-5H3. The highest BCUT2D eigenvalue weighted by molar-refractivity contribution is 7.08. The molecule has 5 heteroatoms. The maximum atomic E-state index is 4.53. The Morgan fingerprint density at radius 2 is 1.94 bits per heavy atom. The molecule has 0 fully saturated rings. The second kappa shape index (κ2) is 3.66. The first-order chi connectivity index (χ1) is 7.38. The Morgan fingerprint density at radius 3 is 2.38 bits per heavy atom. The maximum absolute atomic E-state index is 4.53. The van der Waals surface area contributed by atoms with E-state index in [2.05, 4.69) is 35.2 Å². The summed E-state index contributed by atoms with van der Waals surface area (Å²) in [5, 5.41) is 5.24. The molecule has 2 aromatic rings. The summed E-state index contributed by atoms with van der Waals surface area (Å²) >= 11 is 1.40. The van der Waals surface area contributed by atoms with Gasteiger partial charge in [-0.3, -0.25) is 0 Å². The third kappa shape index (κ3) is 2.00. The molecule has 0 bridgehead atoms. The van der Waals surface area contributed by atoms with Crippen LogP contribution < -0.4 is 0 Å². The van der Waals surface area contributed by atoms with Gasteiger partial charge in [-0.05, 0) is 19.9 Å². The van der Waals surface area contributed by atoms with E-state index in [9.17, 15) is 0 Å². The molecule has 0 saturated carbocycles. The van der Waals surface area contributed by atoms with Crippen molar-refractivity contribution in [2.24, 2.45) is 0 Å². The average molecular weight is 236 g/mol. The number of rotatable bonds is 1. The van der Waals surface area contributed by atoms with Crippen LogP contribution in [0.15, 0.2) is 6.07 Å². The van der Waals surface area contributed by atoms with Gasteiger partial charge in [-0.15, -0.1) is 0 Å². The minimum Gasteiger partial charge on any atom is -0.209 e. The lowest BCUT2D eigenvalue weighted by Crippen LogP contribution is -2.13. The summed E-state index contributed by atoms with van der Waals surface area (Å²) in [7, 11) is 0. The zero-order chi connectivity index (χ0) is 11.9. The van der Waals surface area contributed by atoms with Crippen molar-refractivity contribution in [1.29, 1.82) is 0 Å². The molecule has 0 atom stereocenters. The monoisotopic (exact) mass is 236 g/mol. The fraction of sp³-hybridized carbons (Fsp3) is 0.545. The van der Waals surface area contributed by atoms with Crippen LogP contribution in [0.1, 0.15) is 38.0 Å². The van der Waals surface area contributed by atoms with Crippen molar-refractivity contribution < 1.29 is 0 Å². The predicted molar refractivity (Wildman–Crippen MR) is 65.2 cm³/mol. The van der Waals surface area contributed by atoms with E-state index in [4.69, 9.17) is 0 Å². The molecule has 0 saturated heterocycles. The van der Waals surface area contributed by atoms with E-state index in [1.165, 1.54) is 11.5 Å². The number of nitrogens with zero attached hydrogens (tertiary/aromatic N) is 4. The zero-order valence-corrected chi connectivity index (χ0v) is 11.1. The molecular formula is C11H16N4S. The Kier molecular flexibility index (Phi) is 2.58. The fourth-order valence-corrected chi connectivity index (χ4v) is 2.30. The lowest BCUT2D eigenvalue weighted by molar-refractivity contribution is 0.553. The van der Waals surface area contributed by atoms with E-state index < -0.39 is 0 Å². The van der Waals surface area contributed by atoms with Gasteiger partial charge >= 0.3 is 0 Å². The smallest absolute Gasteiger partial charge is 0.209 e. The number of hydrogen-bond acceptors (Lipinski definition) is 4. The summed E-state index contributed by atoms with van der Waals surface area (Å²) in [6, 6.07) is 2.04. The molecule has 16 heavy (non-hydrogen) atoms. The minimum absolute atomic E-state index is 0.00908. The second-order valence-electron chi connectivity index (χ2n) is 4.99. The fourth-order valence-electron chi connectivity index (χ4n) is 1.43. The van der Waals surface area contributed by atoms with Gasteiger partial charge < -0.3 is 0 Å². The van der Waals surface area contributed by atoms with Crippen LogP contribution in [-0.4, -0.2) is 19.1 Å². The van der Waals surface area contributed by atoms with Gasteiger partial charge in [0, 0.05) is 22.6 Å². The molecule has 0 spiro atoms. The highest BCUT2D eigenvalue weighted by Crippen LogP contribution is 2.22. The van der Waals surface area contributed by atoms with E-state index in [1.807, 2.05) is 24.6 Å². The highest BCUT2D eigenvalue weighted by atomic mass is 32.1. The number of hydrogen-bond donors (Lipinski definition) is 0. The molecule has 2 heterocycles. The molecule has 2 rings (SSSR count). The SMILES string of the molecule is Cc1cc(C)n(-c2nc(C(C)(C)C)ns2)n1. The highest BCUT2D eigenvalue weighted by Gasteiger charge is 2.20. The largest absolute Gasteiger partial charge is 0.230 e. The Bertz CT molecular complexity index is 504. The molecule has 0 unspecified atom stereocenters. The lowest BCUT2D eigenvalue weighted by atomic mass is 9.96. The van der Waals surface area contributed by atoms with Crippen LogP contribution in [0.25, 0.3) is 5.13 Å². The quantitative estimate of drug-likeness (QED) is 0.764. The summed E-state index contributed by atoms with van der Waals surface area (Å²) in [5.41, 5.74) is 2.09. The molecule has 4 nitrogen and oxygen atoms in total. The zero-order valence-electron chi connectivity index (χ0n) is 10.3. The van der Waals surface area contributed by atoms with Crippen LogP contribution in [0.5, 0.6) is 0 Å². The van der Waals surface area contributed by atoms with E-state index in [0.29, 0.717) is 0 Å². The van der Waals surface area contributed by atoms with E-state index in [-0.39, 0.29) is 5.41 Å². The van der Waals surface area contributed by atoms with Crippen molar-refractivity contribution in [3.8, 4) is 5.13 Å². The van der Waals surface area contributed by atoms with Crippen molar-refractivity contribution in [3.63, 3.8) is 0 Å². The van der Waals surface area contributed by atoms with Gasteiger partial charge in [-0.2, -0.15) is 9.47 Å². The Balaban J connectivity index is 2.43. The molecular weight excluding hydrogens is 220 g/mol. The molecule has 0 aliphatic heterocycles. The Hall–Kier alpha value is -1.23. The molecule has 0 aliphatic rings. The van der Waals surface area contributed by atoms with Gasteiger partial charge in [0.15, 0.2) is 0 Å². The van der Waals surface area contributed by atoms with Crippen molar-refractivity contribution >= 4 is 11.5 Å². The third-order valence-corrected chi connectivity index (χ3v) is 2.97. The van der Waals surface area contributed by atoms with Crippen LogP contribution in [0.3, 0.4) is 0 Å². The lowest BCUT2D eigenvalue weighted by Gasteiger charge is -2.12. The van der Waals surface area contributed by atoms with Gasteiger partial charge in [0.05, 0.1) is 5.69 Å². The summed E-state index contributed by atoms with van der Waals surface area (Å²) < 4.78 is 6.23. The summed E-state index contributed by atoms with van der Waals surface area (Å²) in [4.78, 5) is 4.53. The van der Waals surface area contributed by atoms with Gasteiger partial charge in [-0.1, -0.05) is 20.8 Å². The normalized spacial score (nSPS) is 12.1. The van der Waals surface area contributed by atoms with Crippen LogP contribution in [0, 0.1) is 13.8 Å². The molecule has 0 amide bonds. The molecule has 2 aromatic heterocycles. The first-order valence-corrected chi connectivity index (χ1v) is 6.03. The van der Waals surface area contributed by atoms with E-state index >= 15 is 0 Å². The average Bonchev–Trinajstić information content (AvgIpc) is 2.70. The Morgan fingerprint density at radius 1 is 1.25 bits per heavy atom. The van der Waals surface area contributed by atoms with Crippen LogP contribution in [-0.2, 0) is 5.41 Å². The van der Waals surface area contributed by atoms with Gasteiger partial charge in [0.25, 0.3) is 0 Å². The van der Waals surface area contributed by atoms with Crippen molar-refractivity contribution in [2.45, 2.75) is 40.0 Å². The molecule has 0 N–H and O–H groups in total. The summed E-state index contributed by atoms with van der Waals surface area (Å²) in [6.45, 7) is 10.3. The Labute approximate surface area is 99.5 Å². The number of aryl methyl sites for hydroxylation is 2. The van der Waals surface area contributed by atoms with E-state index in [1.54, 1.807) is 0 Å². The summed E-state index contributed by atoms with van der Waals surface area (Å²) in [5.74, 6) is 0.875. The predicted octanol–water partition coefficient (Wildman–Crippen LogP) is 2.64. The maximum Gasteiger partial charge on any atom is 0.230 e. The van der Waals surface area contributed by atoms with Crippen molar-refractivity contribution in [2.75, 3.05) is 0 Å². The van der Waals surface area contributed by atoms with Gasteiger partial charge in [0.2, 0.25) is 5.13 Å². The van der Waals surface area contributed by atoms with Crippen molar-refractivity contribution in [3.05, 3.63) is 23.3 Å². The van der Waals surface area contributed by atoms with Gasteiger partial charge in [-0.25, -0.2) is 9.67 Å². The van der Waals surface area contributed by atoms with E-state index in [0.717, 1.165) is 22.3 Å². The van der Waals surface area contributed by atoms with Gasteiger partial charge in [0.1, 0.15) is 5.82 Å². The van der Waals surface area contributed by atoms with Crippen LogP contribution >= 0.6 is 11.5 Å². The number of aromatic nitrogens is 4. The minimum atomic E-state index is -0.00908. The molecule has 0 aromatic carbocycles. The third-order valence-electron chi connectivity index (χ3n) is 2.28. The topological polar surface area (TPSA) is 43.6 Å². The molecule has 86 valence electrons. The molecule has 0 radical (unpaired) electrons. The van der Waals surface area contributed by atoms with Crippen molar-refractivity contribution in [1.82, 2.24) is 19.1 Å². The first kappa shape index (κ1) is 11.3. The summed E-state index contributed by atoms with van der Waals surface area (Å²) in [6.07, 6.45) is 0. The second-order valence-corrected chi connectivity index (χ2v) is 5.72.